The first-order chi connectivity index (χ1) is 7.65. The molecule has 0 saturated heterocycles. The van der Waals surface area contributed by atoms with Crippen LogP contribution in [0.2, 0.25) is 0 Å². The van der Waals surface area contributed by atoms with Gasteiger partial charge in [-0.25, -0.2) is 4.39 Å². The molecule has 1 heterocycles. The first-order valence-corrected chi connectivity index (χ1v) is 5.18. The van der Waals surface area contributed by atoms with E-state index >= 15 is 0 Å². The molecule has 0 bridgehead atoms. The normalized spacial score (nSPS) is 10.6. The molecule has 0 saturated carbocycles. The van der Waals surface area contributed by atoms with Crippen molar-refractivity contribution >= 4 is 5.82 Å². The summed E-state index contributed by atoms with van der Waals surface area (Å²) in [7, 11) is 1.82. The average molecular weight is 219 g/mol. The monoisotopic (exact) mass is 219 g/mol. The van der Waals surface area contributed by atoms with Gasteiger partial charge in [-0.1, -0.05) is 12.1 Å². The minimum absolute atomic E-state index is 0.203. The maximum absolute atomic E-state index is 12.7. The minimum atomic E-state index is -0.203. The van der Waals surface area contributed by atoms with Crippen LogP contribution in [0, 0.1) is 5.82 Å². The van der Waals surface area contributed by atoms with E-state index in [9.17, 15) is 4.39 Å². The van der Waals surface area contributed by atoms with E-state index in [1.165, 1.54) is 12.1 Å². The van der Waals surface area contributed by atoms with E-state index in [1.807, 2.05) is 13.1 Å². The number of nitrogen functional groups attached to an aromatic ring is 1. The van der Waals surface area contributed by atoms with Gasteiger partial charge in [0, 0.05) is 13.1 Å². The van der Waals surface area contributed by atoms with Gasteiger partial charge in [0.2, 0.25) is 0 Å². The second-order valence-corrected chi connectivity index (χ2v) is 3.81. The fourth-order valence-corrected chi connectivity index (χ4v) is 1.59. The minimum Gasteiger partial charge on any atom is -0.384 e. The number of aryl methyl sites for hydroxylation is 3. The Labute approximate surface area is 93.7 Å². The van der Waals surface area contributed by atoms with Crippen LogP contribution in [0.3, 0.4) is 0 Å². The molecule has 0 spiro atoms. The third kappa shape index (κ3) is 2.39. The Kier molecular flexibility index (Phi) is 2.90. The van der Waals surface area contributed by atoms with Crippen LogP contribution in [0.5, 0.6) is 0 Å². The van der Waals surface area contributed by atoms with Crippen molar-refractivity contribution in [2.45, 2.75) is 12.8 Å². The molecule has 4 heteroatoms. The van der Waals surface area contributed by atoms with Gasteiger partial charge in [0.05, 0.1) is 5.69 Å². The lowest BCUT2D eigenvalue weighted by Gasteiger charge is -1.98. The number of nitrogens with zero attached hydrogens (tertiary/aromatic N) is 2. The van der Waals surface area contributed by atoms with Crippen molar-refractivity contribution in [3.8, 4) is 0 Å². The van der Waals surface area contributed by atoms with Crippen LogP contribution in [0.4, 0.5) is 10.2 Å². The van der Waals surface area contributed by atoms with Crippen molar-refractivity contribution in [1.29, 1.82) is 0 Å². The molecule has 1 aromatic heterocycles. The molecule has 0 amide bonds. The van der Waals surface area contributed by atoms with Gasteiger partial charge in [-0.05, 0) is 30.5 Å². The molecule has 0 aliphatic carbocycles. The summed E-state index contributed by atoms with van der Waals surface area (Å²) in [4.78, 5) is 0. The summed E-state index contributed by atoms with van der Waals surface area (Å²) >= 11 is 0. The highest BCUT2D eigenvalue weighted by molar-refractivity contribution is 5.30. The molecule has 2 N–H and O–H groups in total. The summed E-state index contributed by atoms with van der Waals surface area (Å²) in [6.45, 7) is 0. The summed E-state index contributed by atoms with van der Waals surface area (Å²) in [6, 6.07) is 8.40. The lowest BCUT2D eigenvalue weighted by Crippen LogP contribution is -1.97. The summed E-state index contributed by atoms with van der Waals surface area (Å²) in [6.07, 6.45) is 1.66. The van der Waals surface area contributed by atoms with Gasteiger partial charge in [-0.2, -0.15) is 5.10 Å². The quantitative estimate of drug-likeness (QED) is 0.857. The molecule has 84 valence electrons. The van der Waals surface area contributed by atoms with E-state index in [0.717, 1.165) is 24.1 Å². The topological polar surface area (TPSA) is 43.8 Å². The smallest absolute Gasteiger partial charge is 0.123 e. The van der Waals surface area contributed by atoms with Crippen LogP contribution in [0.15, 0.2) is 30.3 Å². The molecule has 3 nitrogen and oxygen atoms in total. The molecular formula is C12H14FN3. The fourth-order valence-electron chi connectivity index (χ4n) is 1.59. The number of hydrogen-bond donors (Lipinski definition) is 1. The molecular weight excluding hydrogens is 205 g/mol. The predicted molar refractivity (Wildman–Crippen MR) is 61.4 cm³/mol. The zero-order chi connectivity index (χ0) is 11.5. The lowest BCUT2D eigenvalue weighted by molar-refractivity contribution is 0.627. The standard InChI is InChI=1S/C12H14FN3/c1-16-12(14)8-11(15-16)7-4-9-2-5-10(13)6-3-9/h2-3,5-6,8H,4,7,14H2,1H3. The second-order valence-electron chi connectivity index (χ2n) is 3.81. The maximum Gasteiger partial charge on any atom is 0.123 e. The highest BCUT2D eigenvalue weighted by Crippen LogP contribution is 2.09. The number of benzene rings is 1. The fraction of sp³-hybridized carbons (Fsp3) is 0.250. The number of halogens is 1. The molecule has 16 heavy (non-hydrogen) atoms. The number of rotatable bonds is 3. The number of hydrogen-bond acceptors (Lipinski definition) is 2. The van der Waals surface area contributed by atoms with Crippen LogP contribution in [0.1, 0.15) is 11.3 Å². The maximum atomic E-state index is 12.7. The van der Waals surface area contributed by atoms with Crippen LogP contribution in [0.25, 0.3) is 0 Å². The van der Waals surface area contributed by atoms with E-state index < -0.39 is 0 Å². The van der Waals surface area contributed by atoms with E-state index in [1.54, 1.807) is 16.8 Å². The zero-order valence-electron chi connectivity index (χ0n) is 9.15. The summed E-state index contributed by atoms with van der Waals surface area (Å²) in [5.41, 5.74) is 7.75. The van der Waals surface area contributed by atoms with Gasteiger partial charge >= 0.3 is 0 Å². The van der Waals surface area contributed by atoms with Gasteiger partial charge in [0.25, 0.3) is 0 Å². The molecule has 2 aromatic rings. The van der Waals surface area contributed by atoms with Gasteiger partial charge in [-0.15, -0.1) is 0 Å². The van der Waals surface area contributed by atoms with Crippen molar-refractivity contribution < 1.29 is 4.39 Å². The van der Waals surface area contributed by atoms with Crippen molar-refractivity contribution in [2.75, 3.05) is 5.73 Å². The Morgan fingerprint density at radius 3 is 2.50 bits per heavy atom. The molecule has 1 aromatic carbocycles. The Balaban J connectivity index is 1.99. The first kappa shape index (κ1) is 10.7. The lowest BCUT2D eigenvalue weighted by atomic mass is 10.1. The Hall–Kier alpha value is -1.84. The zero-order valence-corrected chi connectivity index (χ0v) is 9.15. The van der Waals surface area contributed by atoms with Crippen molar-refractivity contribution in [3.05, 3.63) is 47.4 Å². The Bertz CT molecular complexity index is 454. The molecule has 0 atom stereocenters. The summed E-state index contributed by atoms with van der Waals surface area (Å²) in [5.74, 6) is 0.458. The third-order valence-corrected chi connectivity index (χ3v) is 2.55. The van der Waals surface area contributed by atoms with Crippen LogP contribution in [-0.2, 0) is 19.9 Å². The number of aromatic nitrogens is 2. The summed E-state index contributed by atoms with van der Waals surface area (Å²) < 4.78 is 14.3. The SMILES string of the molecule is Cn1nc(CCc2ccc(F)cc2)cc1N. The second kappa shape index (κ2) is 4.35. The number of anilines is 1. The molecule has 0 unspecified atom stereocenters. The van der Waals surface area contributed by atoms with Crippen molar-refractivity contribution in [2.24, 2.45) is 7.05 Å². The van der Waals surface area contributed by atoms with Crippen LogP contribution in [-0.4, -0.2) is 9.78 Å². The van der Waals surface area contributed by atoms with Crippen molar-refractivity contribution in [3.63, 3.8) is 0 Å². The average Bonchev–Trinajstić information content (AvgIpc) is 2.58. The Morgan fingerprint density at radius 1 is 1.25 bits per heavy atom. The predicted octanol–water partition coefficient (Wildman–Crippen LogP) is 1.93. The van der Waals surface area contributed by atoms with E-state index in [-0.39, 0.29) is 5.82 Å². The van der Waals surface area contributed by atoms with Crippen LogP contribution >= 0.6 is 0 Å². The first-order valence-electron chi connectivity index (χ1n) is 5.18. The van der Waals surface area contributed by atoms with Gasteiger partial charge in [0.1, 0.15) is 11.6 Å². The highest BCUT2D eigenvalue weighted by Gasteiger charge is 2.02. The molecule has 2 rings (SSSR count). The van der Waals surface area contributed by atoms with E-state index in [4.69, 9.17) is 5.73 Å². The van der Waals surface area contributed by atoms with Gasteiger partial charge < -0.3 is 5.73 Å². The summed E-state index contributed by atoms with van der Waals surface area (Å²) in [5, 5.41) is 4.26. The highest BCUT2D eigenvalue weighted by atomic mass is 19.1. The largest absolute Gasteiger partial charge is 0.384 e. The van der Waals surface area contributed by atoms with Gasteiger partial charge in [0.15, 0.2) is 0 Å². The third-order valence-electron chi connectivity index (χ3n) is 2.55. The molecule has 0 radical (unpaired) electrons. The van der Waals surface area contributed by atoms with Crippen LogP contribution < -0.4 is 5.73 Å². The van der Waals surface area contributed by atoms with E-state index in [0.29, 0.717) is 5.82 Å². The number of nitrogens with two attached hydrogens (primary N) is 1. The molecule has 0 aliphatic rings. The van der Waals surface area contributed by atoms with E-state index in [2.05, 4.69) is 5.10 Å². The van der Waals surface area contributed by atoms with Gasteiger partial charge in [-0.3, -0.25) is 4.68 Å². The Morgan fingerprint density at radius 2 is 1.94 bits per heavy atom. The molecule has 0 aliphatic heterocycles. The van der Waals surface area contributed by atoms with Crippen molar-refractivity contribution in [1.82, 2.24) is 9.78 Å². The molecule has 0 fully saturated rings.